The second kappa shape index (κ2) is 8.59. The molecule has 112 valence electrons. The quantitative estimate of drug-likeness (QED) is 0.794. The number of rotatable bonds is 8. The Hall–Kier alpha value is -1.55. The maximum absolute atomic E-state index is 12.3. The van der Waals surface area contributed by atoms with Crippen LogP contribution < -0.4 is 10.5 Å². The van der Waals surface area contributed by atoms with Gasteiger partial charge in [0.15, 0.2) is 0 Å². The summed E-state index contributed by atoms with van der Waals surface area (Å²) in [5.74, 6) is 1.02. The van der Waals surface area contributed by atoms with Crippen LogP contribution in [0.4, 0.5) is 0 Å². The van der Waals surface area contributed by atoms with Crippen molar-refractivity contribution in [3.05, 3.63) is 29.8 Å². The molecular formula is C16H26N2O2. The molecule has 20 heavy (non-hydrogen) atoms. The van der Waals surface area contributed by atoms with Crippen LogP contribution in [0.15, 0.2) is 24.3 Å². The first-order valence-corrected chi connectivity index (χ1v) is 7.25. The van der Waals surface area contributed by atoms with Crippen LogP contribution in [0.1, 0.15) is 32.3 Å². The van der Waals surface area contributed by atoms with Crippen molar-refractivity contribution in [2.75, 3.05) is 20.2 Å². The van der Waals surface area contributed by atoms with Gasteiger partial charge in [-0.3, -0.25) is 4.79 Å². The smallest absolute Gasteiger partial charge is 0.225 e. The first-order chi connectivity index (χ1) is 9.60. The molecular weight excluding hydrogens is 252 g/mol. The molecule has 0 radical (unpaired) electrons. The third kappa shape index (κ3) is 4.85. The highest BCUT2D eigenvalue weighted by Gasteiger charge is 2.18. The van der Waals surface area contributed by atoms with Gasteiger partial charge in [0.05, 0.1) is 6.61 Å². The second-order valence-corrected chi connectivity index (χ2v) is 5.07. The summed E-state index contributed by atoms with van der Waals surface area (Å²) in [6.45, 7) is 5.75. The summed E-state index contributed by atoms with van der Waals surface area (Å²) in [6.07, 6.45) is 1.73. The SMILES string of the molecule is CCOc1ccccc1CN(C)C(=O)C(C)CCCN. The number of ether oxygens (including phenoxy) is 1. The Morgan fingerprint density at radius 2 is 2.10 bits per heavy atom. The Morgan fingerprint density at radius 1 is 1.40 bits per heavy atom. The highest BCUT2D eigenvalue weighted by Crippen LogP contribution is 2.20. The van der Waals surface area contributed by atoms with Crippen LogP contribution >= 0.6 is 0 Å². The monoisotopic (exact) mass is 278 g/mol. The number of nitrogens with zero attached hydrogens (tertiary/aromatic N) is 1. The standard InChI is InChI=1S/C16H26N2O2/c1-4-20-15-10-6-5-9-14(15)12-18(3)16(19)13(2)8-7-11-17/h5-6,9-10,13H,4,7-8,11-12,17H2,1-3H3. The molecule has 1 aromatic rings. The molecule has 0 fully saturated rings. The average Bonchev–Trinajstić information content (AvgIpc) is 2.46. The van der Waals surface area contributed by atoms with Crippen LogP contribution in [0.3, 0.4) is 0 Å². The van der Waals surface area contributed by atoms with Crippen LogP contribution in [0.5, 0.6) is 5.75 Å². The van der Waals surface area contributed by atoms with Gasteiger partial charge in [0.25, 0.3) is 0 Å². The Labute approximate surface area is 121 Å². The lowest BCUT2D eigenvalue weighted by Crippen LogP contribution is -2.31. The average molecular weight is 278 g/mol. The highest BCUT2D eigenvalue weighted by atomic mass is 16.5. The maximum atomic E-state index is 12.3. The summed E-state index contributed by atoms with van der Waals surface area (Å²) in [4.78, 5) is 14.0. The van der Waals surface area contributed by atoms with Gasteiger partial charge in [-0.1, -0.05) is 25.1 Å². The zero-order valence-corrected chi connectivity index (χ0v) is 12.8. The molecule has 0 saturated carbocycles. The van der Waals surface area contributed by atoms with Gasteiger partial charge in [-0.05, 0) is 32.4 Å². The summed E-state index contributed by atoms with van der Waals surface area (Å²) in [6, 6.07) is 7.85. The predicted molar refractivity (Wildman–Crippen MR) is 81.5 cm³/mol. The number of amides is 1. The lowest BCUT2D eigenvalue weighted by Gasteiger charge is -2.22. The van der Waals surface area contributed by atoms with Gasteiger partial charge in [-0.15, -0.1) is 0 Å². The van der Waals surface area contributed by atoms with Crippen molar-refractivity contribution >= 4 is 5.91 Å². The molecule has 0 heterocycles. The molecule has 1 rings (SSSR count). The van der Waals surface area contributed by atoms with E-state index in [1.807, 2.05) is 45.2 Å². The summed E-state index contributed by atoms with van der Waals surface area (Å²) in [5, 5.41) is 0. The van der Waals surface area contributed by atoms with E-state index in [9.17, 15) is 4.79 Å². The molecule has 4 nitrogen and oxygen atoms in total. The van der Waals surface area contributed by atoms with E-state index in [1.165, 1.54) is 0 Å². The molecule has 1 unspecified atom stereocenters. The summed E-state index contributed by atoms with van der Waals surface area (Å²) in [7, 11) is 1.84. The van der Waals surface area contributed by atoms with E-state index < -0.39 is 0 Å². The molecule has 1 atom stereocenters. The third-order valence-corrected chi connectivity index (χ3v) is 3.32. The van der Waals surface area contributed by atoms with E-state index in [0.29, 0.717) is 19.7 Å². The molecule has 0 aromatic heterocycles. The van der Waals surface area contributed by atoms with E-state index in [2.05, 4.69) is 0 Å². The fourth-order valence-electron chi connectivity index (χ4n) is 2.19. The normalized spacial score (nSPS) is 12.0. The predicted octanol–water partition coefficient (Wildman–Crippen LogP) is 2.42. The Bertz CT molecular complexity index is 421. The summed E-state index contributed by atoms with van der Waals surface area (Å²) in [5.41, 5.74) is 6.53. The molecule has 0 bridgehead atoms. The Balaban J connectivity index is 2.65. The zero-order valence-electron chi connectivity index (χ0n) is 12.8. The molecule has 0 saturated heterocycles. The van der Waals surface area contributed by atoms with E-state index in [0.717, 1.165) is 24.2 Å². The van der Waals surface area contributed by atoms with Crippen molar-refractivity contribution in [2.24, 2.45) is 11.7 Å². The third-order valence-electron chi connectivity index (χ3n) is 3.32. The van der Waals surface area contributed by atoms with E-state index >= 15 is 0 Å². The van der Waals surface area contributed by atoms with E-state index in [-0.39, 0.29) is 11.8 Å². The van der Waals surface area contributed by atoms with Crippen molar-refractivity contribution in [1.29, 1.82) is 0 Å². The highest BCUT2D eigenvalue weighted by molar-refractivity contribution is 5.78. The Kier molecular flexibility index (Phi) is 7.09. The van der Waals surface area contributed by atoms with Crippen LogP contribution in [0.25, 0.3) is 0 Å². The molecule has 4 heteroatoms. The molecule has 0 aliphatic heterocycles. The molecule has 0 spiro atoms. The van der Waals surface area contributed by atoms with Gasteiger partial charge >= 0.3 is 0 Å². The molecule has 0 aliphatic rings. The van der Waals surface area contributed by atoms with Gasteiger partial charge in [-0.25, -0.2) is 0 Å². The zero-order chi connectivity index (χ0) is 15.0. The molecule has 1 amide bonds. The van der Waals surface area contributed by atoms with Gasteiger partial charge in [-0.2, -0.15) is 0 Å². The Morgan fingerprint density at radius 3 is 2.75 bits per heavy atom. The van der Waals surface area contributed by atoms with Crippen LogP contribution in [-0.4, -0.2) is 31.0 Å². The topological polar surface area (TPSA) is 55.6 Å². The minimum absolute atomic E-state index is 0.0165. The summed E-state index contributed by atoms with van der Waals surface area (Å²) >= 11 is 0. The van der Waals surface area contributed by atoms with Crippen molar-refractivity contribution in [2.45, 2.75) is 33.2 Å². The molecule has 1 aromatic carbocycles. The number of hydrogen-bond acceptors (Lipinski definition) is 3. The number of benzene rings is 1. The second-order valence-electron chi connectivity index (χ2n) is 5.07. The lowest BCUT2D eigenvalue weighted by molar-refractivity contribution is -0.134. The van der Waals surface area contributed by atoms with Crippen molar-refractivity contribution in [1.82, 2.24) is 4.90 Å². The van der Waals surface area contributed by atoms with Gasteiger partial charge in [0.1, 0.15) is 5.75 Å². The number of carbonyl (C=O) groups is 1. The van der Waals surface area contributed by atoms with E-state index in [4.69, 9.17) is 10.5 Å². The molecule has 2 N–H and O–H groups in total. The fraction of sp³-hybridized carbons (Fsp3) is 0.562. The van der Waals surface area contributed by atoms with Crippen LogP contribution in [0, 0.1) is 5.92 Å². The minimum Gasteiger partial charge on any atom is -0.494 e. The van der Waals surface area contributed by atoms with Gasteiger partial charge in [0.2, 0.25) is 5.91 Å². The van der Waals surface area contributed by atoms with Crippen LogP contribution in [-0.2, 0) is 11.3 Å². The first-order valence-electron chi connectivity index (χ1n) is 7.25. The largest absolute Gasteiger partial charge is 0.494 e. The van der Waals surface area contributed by atoms with Crippen molar-refractivity contribution < 1.29 is 9.53 Å². The lowest BCUT2D eigenvalue weighted by atomic mass is 10.0. The van der Waals surface area contributed by atoms with Crippen molar-refractivity contribution in [3.63, 3.8) is 0 Å². The van der Waals surface area contributed by atoms with Crippen LogP contribution in [0.2, 0.25) is 0 Å². The number of nitrogens with two attached hydrogens (primary N) is 1. The number of hydrogen-bond donors (Lipinski definition) is 1. The van der Waals surface area contributed by atoms with Gasteiger partial charge in [0, 0.05) is 25.1 Å². The van der Waals surface area contributed by atoms with E-state index in [1.54, 1.807) is 4.90 Å². The minimum atomic E-state index is 0.0165. The maximum Gasteiger partial charge on any atom is 0.225 e. The number of para-hydroxylation sites is 1. The van der Waals surface area contributed by atoms with Gasteiger partial charge < -0.3 is 15.4 Å². The summed E-state index contributed by atoms with van der Waals surface area (Å²) < 4.78 is 5.59. The molecule has 0 aliphatic carbocycles. The first kappa shape index (κ1) is 16.5. The van der Waals surface area contributed by atoms with Crippen molar-refractivity contribution in [3.8, 4) is 5.75 Å². The number of carbonyl (C=O) groups excluding carboxylic acids is 1. The fourth-order valence-corrected chi connectivity index (χ4v) is 2.19.